The van der Waals surface area contributed by atoms with Gasteiger partial charge in [-0.15, -0.1) is 0 Å². The maximum Gasteiger partial charge on any atom is 0.246 e. The van der Waals surface area contributed by atoms with Crippen molar-refractivity contribution in [2.24, 2.45) is 0 Å². The lowest BCUT2D eigenvalue weighted by Crippen LogP contribution is -2.24. The molecule has 1 N–H and O–H groups in total. The number of amides is 1. The molecule has 0 atom stereocenters. The van der Waals surface area contributed by atoms with Crippen molar-refractivity contribution in [1.29, 1.82) is 0 Å². The van der Waals surface area contributed by atoms with Gasteiger partial charge in [0.15, 0.2) is 0 Å². The van der Waals surface area contributed by atoms with E-state index in [0.29, 0.717) is 12.3 Å². The summed E-state index contributed by atoms with van der Waals surface area (Å²) in [5, 5.41) is 0. The Morgan fingerprint density at radius 3 is 2.41 bits per heavy atom. The van der Waals surface area contributed by atoms with Gasteiger partial charge in [0.1, 0.15) is 5.76 Å². The minimum absolute atomic E-state index is 0.0826. The molecular weight excluding hydrogens is 388 g/mol. The Morgan fingerprint density at radius 2 is 1.76 bits per heavy atom. The van der Waals surface area contributed by atoms with Gasteiger partial charge in [-0.05, 0) is 41.5 Å². The van der Waals surface area contributed by atoms with Gasteiger partial charge in [-0.2, -0.15) is 0 Å². The summed E-state index contributed by atoms with van der Waals surface area (Å²) in [7, 11) is -1.91. The fraction of sp³-hybridized carbons (Fsp3) is 0.136. The molecule has 0 fully saturated rings. The third-order valence-electron chi connectivity index (χ3n) is 4.26. The van der Waals surface area contributed by atoms with E-state index in [4.69, 9.17) is 4.42 Å². The molecule has 0 aliphatic rings. The summed E-state index contributed by atoms with van der Waals surface area (Å²) in [6.07, 6.45) is 4.63. The number of sulfonamides is 1. The van der Waals surface area contributed by atoms with Gasteiger partial charge in [-0.1, -0.05) is 42.5 Å². The quantitative estimate of drug-likeness (QED) is 0.577. The Labute approximate surface area is 170 Å². The van der Waals surface area contributed by atoms with Crippen LogP contribution in [0.5, 0.6) is 0 Å². The summed E-state index contributed by atoms with van der Waals surface area (Å²) < 4.78 is 32.3. The average molecular weight is 410 g/mol. The van der Waals surface area contributed by atoms with Gasteiger partial charge in [0.05, 0.1) is 17.7 Å². The number of likely N-dealkylation sites (N-methyl/N-ethyl adjacent to an activating group) is 1. The highest BCUT2D eigenvalue weighted by Gasteiger charge is 2.14. The molecule has 2 aromatic carbocycles. The molecule has 29 heavy (non-hydrogen) atoms. The number of benzene rings is 2. The molecule has 0 spiro atoms. The molecular formula is C22H22N2O4S. The number of hydrogen-bond donors (Lipinski definition) is 1. The lowest BCUT2D eigenvalue weighted by Gasteiger charge is -2.15. The molecule has 1 aromatic heterocycles. The maximum absolute atomic E-state index is 12.3. The van der Waals surface area contributed by atoms with E-state index < -0.39 is 10.0 Å². The summed E-state index contributed by atoms with van der Waals surface area (Å²) in [5.74, 6) is 0.400. The van der Waals surface area contributed by atoms with E-state index in [-0.39, 0.29) is 17.3 Å². The van der Waals surface area contributed by atoms with E-state index in [1.165, 1.54) is 24.5 Å². The first kappa shape index (κ1) is 20.6. The minimum atomic E-state index is -3.64. The van der Waals surface area contributed by atoms with Crippen LogP contribution in [-0.2, 0) is 27.9 Å². The van der Waals surface area contributed by atoms with Gasteiger partial charge in [0.25, 0.3) is 0 Å². The molecule has 0 saturated carbocycles. The minimum Gasteiger partial charge on any atom is -0.468 e. The standard InChI is InChI=1S/C22H22N2O4S/c1-24(17-19-6-3-2-4-7-19)22(25)14-11-18-9-12-21(13-10-18)29(26,27)23-16-20-8-5-15-28-20/h2-15,23H,16-17H2,1H3/b14-11+. The summed E-state index contributed by atoms with van der Waals surface area (Å²) >= 11 is 0. The zero-order valence-corrected chi connectivity index (χ0v) is 16.8. The topological polar surface area (TPSA) is 79.6 Å². The van der Waals surface area contributed by atoms with Crippen LogP contribution in [0.2, 0.25) is 0 Å². The smallest absolute Gasteiger partial charge is 0.246 e. The van der Waals surface area contributed by atoms with Gasteiger partial charge in [0, 0.05) is 19.7 Å². The number of hydrogen-bond acceptors (Lipinski definition) is 4. The van der Waals surface area contributed by atoms with Crippen LogP contribution < -0.4 is 4.72 Å². The number of furan rings is 1. The van der Waals surface area contributed by atoms with Crippen molar-refractivity contribution in [2.45, 2.75) is 18.0 Å². The van der Waals surface area contributed by atoms with Gasteiger partial charge in [-0.3, -0.25) is 4.79 Å². The second-order valence-electron chi connectivity index (χ2n) is 6.49. The predicted molar refractivity (Wildman–Crippen MR) is 111 cm³/mol. The molecule has 0 bridgehead atoms. The number of carbonyl (C=O) groups is 1. The first-order valence-electron chi connectivity index (χ1n) is 9.03. The van der Waals surface area contributed by atoms with Crippen LogP contribution in [-0.4, -0.2) is 26.3 Å². The molecule has 0 unspecified atom stereocenters. The molecule has 0 aliphatic carbocycles. The van der Waals surface area contributed by atoms with E-state index >= 15 is 0 Å². The molecule has 7 heteroatoms. The van der Waals surface area contributed by atoms with E-state index in [0.717, 1.165) is 11.1 Å². The van der Waals surface area contributed by atoms with E-state index in [9.17, 15) is 13.2 Å². The predicted octanol–water partition coefficient (Wildman–Crippen LogP) is 3.43. The van der Waals surface area contributed by atoms with Crippen LogP contribution >= 0.6 is 0 Å². The van der Waals surface area contributed by atoms with E-state index in [2.05, 4.69) is 4.72 Å². The second-order valence-corrected chi connectivity index (χ2v) is 8.25. The fourth-order valence-electron chi connectivity index (χ4n) is 2.65. The van der Waals surface area contributed by atoms with Crippen LogP contribution in [0.25, 0.3) is 6.08 Å². The molecule has 6 nitrogen and oxygen atoms in total. The zero-order chi connectivity index (χ0) is 20.7. The molecule has 0 saturated heterocycles. The molecule has 1 heterocycles. The summed E-state index contributed by atoms with van der Waals surface area (Å²) in [6, 6.07) is 19.4. The van der Waals surface area contributed by atoms with Crippen LogP contribution in [0.15, 0.2) is 88.4 Å². The second kappa shape index (κ2) is 9.36. The highest BCUT2D eigenvalue weighted by Crippen LogP contribution is 2.13. The highest BCUT2D eigenvalue weighted by atomic mass is 32.2. The lowest BCUT2D eigenvalue weighted by molar-refractivity contribution is -0.125. The highest BCUT2D eigenvalue weighted by molar-refractivity contribution is 7.89. The number of nitrogens with one attached hydrogen (secondary N) is 1. The molecule has 150 valence electrons. The third kappa shape index (κ3) is 5.91. The Hall–Kier alpha value is -3.16. The Kier molecular flexibility index (Phi) is 6.64. The Bertz CT molecular complexity index is 1060. The maximum atomic E-state index is 12.3. The third-order valence-corrected chi connectivity index (χ3v) is 5.68. The fourth-order valence-corrected chi connectivity index (χ4v) is 3.64. The van der Waals surface area contributed by atoms with Crippen molar-refractivity contribution < 1.29 is 17.6 Å². The Balaban J connectivity index is 1.58. The van der Waals surface area contributed by atoms with Gasteiger partial charge in [0.2, 0.25) is 15.9 Å². The van der Waals surface area contributed by atoms with Crippen molar-refractivity contribution in [3.63, 3.8) is 0 Å². The van der Waals surface area contributed by atoms with Gasteiger partial charge in [-0.25, -0.2) is 13.1 Å². The summed E-state index contributed by atoms with van der Waals surface area (Å²) in [6.45, 7) is 0.599. The Morgan fingerprint density at radius 1 is 1.03 bits per heavy atom. The van der Waals surface area contributed by atoms with Crippen LogP contribution in [0.4, 0.5) is 0 Å². The first-order chi connectivity index (χ1) is 13.9. The largest absolute Gasteiger partial charge is 0.468 e. The van der Waals surface area contributed by atoms with Gasteiger partial charge < -0.3 is 9.32 Å². The zero-order valence-electron chi connectivity index (χ0n) is 16.0. The van der Waals surface area contributed by atoms with Crippen LogP contribution in [0.3, 0.4) is 0 Å². The molecule has 0 radical (unpaired) electrons. The first-order valence-corrected chi connectivity index (χ1v) is 10.5. The number of carbonyl (C=O) groups excluding carboxylic acids is 1. The summed E-state index contributed by atoms with van der Waals surface area (Å²) in [4.78, 5) is 14.0. The molecule has 3 aromatic rings. The summed E-state index contributed by atoms with van der Waals surface area (Å²) in [5.41, 5.74) is 1.78. The van der Waals surface area contributed by atoms with Crippen molar-refractivity contribution >= 4 is 22.0 Å². The van der Waals surface area contributed by atoms with E-state index in [1.54, 1.807) is 42.3 Å². The van der Waals surface area contributed by atoms with Crippen molar-refractivity contribution in [2.75, 3.05) is 7.05 Å². The van der Waals surface area contributed by atoms with Crippen molar-refractivity contribution in [1.82, 2.24) is 9.62 Å². The monoisotopic (exact) mass is 410 g/mol. The van der Waals surface area contributed by atoms with Gasteiger partial charge >= 0.3 is 0 Å². The lowest BCUT2D eigenvalue weighted by atomic mass is 10.2. The van der Waals surface area contributed by atoms with E-state index in [1.807, 2.05) is 30.3 Å². The molecule has 1 amide bonds. The van der Waals surface area contributed by atoms with Crippen LogP contribution in [0, 0.1) is 0 Å². The van der Waals surface area contributed by atoms with Crippen molar-refractivity contribution in [3.8, 4) is 0 Å². The van der Waals surface area contributed by atoms with Crippen molar-refractivity contribution in [3.05, 3.63) is 96.0 Å². The number of rotatable bonds is 8. The normalized spacial score (nSPS) is 11.6. The van der Waals surface area contributed by atoms with Crippen LogP contribution in [0.1, 0.15) is 16.9 Å². The number of nitrogens with zero attached hydrogens (tertiary/aromatic N) is 1. The SMILES string of the molecule is CN(Cc1ccccc1)C(=O)/C=C/c1ccc(S(=O)(=O)NCc2ccco2)cc1. The average Bonchev–Trinajstić information content (AvgIpc) is 3.25. The molecule has 0 aliphatic heterocycles. The molecule has 3 rings (SSSR count).